The highest BCUT2D eigenvalue weighted by Gasteiger charge is 2.54. The molecular weight excluding hydrogens is 534 g/mol. The molecule has 1 aromatic rings. The molecular formula is C28H41N5O6S. The third-order valence-electron chi connectivity index (χ3n) is 7.40. The lowest BCUT2D eigenvalue weighted by Gasteiger charge is -2.38. The summed E-state index contributed by atoms with van der Waals surface area (Å²) >= 11 is 3.93. The van der Waals surface area contributed by atoms with E-state index in [9.17, 15) is 29.1 Å². The Hall–Kier alpha value is -3.28. The number of rotatable bonds is 15. The van der Waals surface area contributed by atoms with Crippen molar-refractivity contribution in [3.8, 4) is 5.75 Å². The molecule has 0 aromatic heterocycles. The van der Waals surface area contributed by atoms with Crippen LogP contribution in [0.5, 0.6) is 5.75 Å². The molecule has 2 saturated heterocycles. The number of nitrogens with zero attached hydrogens (tertiary/aromatic N) is 1. The van der Waals surface area contributed by atoms with Crippen molar-refractivity contribution >= 4 is 42.2 Å². The Bertz CT molecular complexity index is 1050. The lowest BCUT2D eigenvalue weighted by Crippen LogP contribution is -2.61. The van der Waals surface area contributed by atoms with E-state index in [2.05, 4.69) is 33.9 Å². The Kier molecular flexibility index (Phi) is 12.1. The third-order valence-corrected chi connectivity index (χ3v) is 7.69. The topological polar surface area (TPSA) is 157 Å². The average molecular weight is 576 g/mol. The SMILES string of the molecule is CC(=O)NCCCC[C@@H]1NC(=O)[C@H]2C[C@@H](C(=O)NCCCCCCNC(=O)CS)[C@@H](c3ccc(O)cc3)N2C1=O. The molecule has 0 aliphatic carbocycles. The van der Waals surface area contributed by atoms with Gasteiger partial charge in [0.15, 0.2) is 0 Å². The number of nitrogens with one attached hydrogen (secondary N) is 4. The fourth-order valence-electron chi connectivity index (χ4n) is 5.38. The van der Waals surface area contributed by atoms with E-state index in [1.54, 1.807) is 17.0 Å². The van der Waals surface area contributed by atoms with Gasteiger partial charge in [-0.05, 0) is 56.2 Å². The molecule has 220 valence electrons. The van der Waals surface area contributed by atoms with Gasteiger partial charge in [-0.15, -0.1) is 0 Å². The number of carbonyl (C=O) groups excluding carboxylic acids is 5. The van der Waals surface area contributed by atoms with Crippen LogP contribution in [0.2, 0.25) is 0 Å². The van der Waals surface area contributed by atoms with Crippen molar-refractivity contribution in [3.63, 3.8) is 0 Å². The second kappa shape index (κ2) is 15.5. The summed E-state index contributed by atoms with van der Waals surface area (Å²) in [5, 5.41) is 21.1. The minimum absolute atomic E-state index is 0.0734. The second-order valence-electron chi connectivity index (χ2n) is 10.4. The Morgan fingerprint density at radius 3 is 2.23 bits per heavy atom. The van der Waals surface area contributed by atoms with Gasteiger partial charge < -0.3 is 31.3 Å². The molecule has 2 heterocycles. The molecule has 0 spiro atoms. The number of hydrogen-bond donors (Lipinski definition) is 6. The third kappa shape index (κ3) is 8.61. The van der Waals surface area contributed by atoms with Crippen LogP contribution >= 0.6 is 12.6 Å². The number of piperazine rings is 1. The Morgan fingerprint density at radius 1 is 0.950 bits per heavy atom. The van der Waals surface area contributed by atoms with Crippen LogP contribution in [0.25, 0.3) is 0 Å². The van der Waals surface area contributed by atoms with E-state index < -0.39 is 24.0 Å². The quantitative estimate of drug-likeness (QED) is 0.136. The second-order valence-corrected chi connectivity index (χ2v) is 10.7. The summed E-state index contributed by atoms with van der Waals surface area (Å²) in [5.74, 6) is -1.27. The lowest BCUT2D eigenvalue weighted by atomic mass is 9.92. The standard InChI is InChI=1S/C28H41N5O6S/c1-18(34)29-13-7-4-8-22-28(39)33-23(27(38)32-22)16-21(25(33)19-9-11-20(35)12-10-19)26(37)31-15-6-3-2-5-14-30-24(36)17-40/h9-12,21-23,25,35,40H,2-8,13-17H2,1H3,(H,29,34)(H,30,36)(H,31,37)(H,32,38)/t21-,22+,23-,25-/m1/s1. The van der Waals surface area contributed by atoms with Gasteiger partial charge in [-0.1, -0.05) is 25.0 Å². The fraction of sp³-hybridized carbons (Fsp3) is 0.607. The largest absolute Gasteiger partial charge is 0.508 e. The van der Waals surface area contributed by atoms with Gasteiger partial charge in [0, 0.05) is 26.6 Å². The minimum Gasteiger partial charge on any atom is -0.508 e. The Labute approximate surface area is 240 Å². The van der Waals surface area contributed by atoms with Gasteiger partial charge in [0.2, 0.25) is 29.5 Å². The van der Waals surface area contributed by atoms with E-state index in [0.29, 0.717) is 44.5 Å². The van der Waals surface area contributed by atoms with E-state index in [-0.39, 0.29) is 47.5 Å². The molecule has 2 aliphatic rings. The molecule has 2 aliphatic heterocycles. The van der Waals surface area contributed by atoms with Crippen molar-refractivity contribution in [1.29, 1.82) is 0 Å². The summed E-state index contributed by atoms with van der Waals surface area (Å²) in [4.78, 5) is 63.9. The maximum atomic E-state index is 13.6. The van der Waals surface area contributed by atoms with Gasteiger partial charge >= 0.3 is 0 Å². The molecule has 5 amide bonds. The van der Waals surface area contributed by atoms with Gasteiger partial charge in [0.1, 0.15) is 17.8 Å². The van der Waals surface area contributed by atoms with Crippen molar-refractivity contribution in [2.45, 2.75) is 76.4 Å². The lowest BCUT2D eigenvalue weighted by molar-refractivity contribution is -0.149. The summed E-state index contributed by atoms with van der Waals surface area (Å²) in [5.41, 5.74) is 0.691. The monoisotopic (exact) mass is 575 g/mol. The first-order valence-corrected chi connectivity index (χ1v) is 14.7. The molecule has 12 heteroatoms. The van der Waals surface area contributed by atoms with Crippen molar-refractivity contribution < 1.29 is 29.1 Å². The van der Waals surface area contributed by atoms with Crippen LogP contribution in [0.15, 0.2) is 24.3 Å². The number of phenolic OH excluding ortho intramolecular Hbond substituents is 1. The number of fused-ring (bicyclic) bond motifs is 1. The average Bonchev–Trinajstić information content (AvgIpc) is 3.34. The smallest absolute Gasteiger partial charge is 0.246 e. The van der Waals surface area contributed by atoms with Crippen LogP contribution in [0.1, 0.15) is 69.9 Å². The molecule has 5 N–H and O–H groups in total. The zero-order valence-corrected chi connectivity index (χ0v) is 23.9. The highest BCUT2D eigenvalue weighted by Crippen LogP contribution is 2.43. The minimum atomic E-state index is -0.745. The van der Waals surface area contributed by atoms with E-state index in [1.807, 2.05) is 0 Å². The van der Waals surface area contributed by atoms with Gasteiger partial charge in [-0.2, -0.15) is 12.6 Å². The Balaban J connectivity index is 1.61. The summed E-state index contributed by atoms with van der Waals surface area (Å²) < 4.78 is 0. The maximum absolute atomic E-state index is 13.6. The highest BCUT2D eigenvalue weighted by atomic mass is 32.1. The van der Waals surface area contributed by atoms with Crippen molar-refractivity contribution in [3.05, 3.63) is 29.8 Å². The van der Waals surface area contributed by atoms with Crippen molar-refractivity contribution in [2.24, 2.45) is 5.92 Å². The van der Waals surface area contributed by atoms with Gasteiger partial charge in [0.05, 0.1) is 17.7 Å². The molecule has 0 unspecified atom stereocenters. The van der Waals surface area contributed by atoms with Crippen molar-refractivity contribution in [1.82, 2.24) is 26.2 Å². The molecule has 1 aromatic carbocycles. The van der Waals surface area contributed by atoms with Crippen LogP contribution in [-0.2, 0) is 24.0 Å². The molecule has 40 heavy (non-hydrogen) atoms. The summed E-state index contributed by atoms with van der Waals surface area (Å²) in [7, 11) is 0. The zero-order valence-electron chi connectivity index (χ0n) is 23.0. The number of aromatic hydroxyl groups is 1. The summed E-state index contributed by atoms with van der Waals surface area (Å²) in [6.07, 6.45) is 5.41. The van der Waals surface area contributed by atoms with Crippen LogP contribution in [-0.4, -0.2) is 77.0 Å². The molecule has 11 nitrogen and oxygen atoms in total. The van der Waals surface area contributed by atoms with Crippen LogP contribution < -0.4 is 21.3 Å². The zero-order chi connectivity index (χ0) is 29.1. The number of carbonyl (C=O) groups is 5. The first-order chi connectivity index (χ1) is 19.2. The van der Waals surface area contributed by atoms with E-state index in [0.717, 1.165) is 25.7 Å². The van der Waals surface area contributed by atoms with E-state index in [1.165, 1.54) is 19.1 Å². The summed E-state index contributed by atoms with van der Waals surface area (Å²) in [6, 6.07) is 4.36. The molecule has 2 fully saturated rings. The normalized spacial score (nSPS) is 21.9. The number of unbranched alkanes of at least 4 members (excludes halogenated alkanes) is 4. The number of phenols is 1. The maximum Gasteiger partial charge on any atom is 0.246 e. The highest BCUT2D eigenvalue weighted by molar-refractivity contribution is 7.81. The predicted octanol–water partition coefficient (Wildman–Crippen LogP) is 1.18. The molecule has 4 atom stereocenters. The molecule has 3 rings (SSSR count). The first kappa shape index (κ1) is 31.3. The number of benzene rings is 1. The number of hydrogen-bond acceptors (Lipinski definition) is 7. The van der Waals surface area contributed by atoms with E-state index in [4.69, 9.17) is 0 Å². The predicted molar refractivity (Wildman–Crippen MR) is 152 cm³/mol. The van der Waals surface area contributed by atoms with Crippen molar-refractivity contribution in [2.75, 3.05) is 25.4 Å². The summed E-state index contributed by atoms with van der Waals surface area (Å²) in [6.45, 7) is 3.03. The van der Waals surface area contributed by atoms with Gasteiger partial charge in [-0.3, -0.25) is 24.0 Å². The van der Waals surface area contributed by atoms with Crippen LogP contribution in [0.4, 0.5) is 0 Å². The number of thiol groups is 1. The molecule has 0 bridgehead atoms. The first-order valence-electron chi connectivity index (χ1n) is 14.0. The number of amides is 5. The van der Waals surface area contributed by atoms with Gasteiger partial charge in [-0.25, -0.2) is 0 Å². The van der Waals surface area contributed by atoms with E-state index >= 15 is 0 Å². The molecule has 0 saturated carbocycles. The van der Waals surface area contributed by atoms with Crippen LogP contribution in [0, 0.1) is 5.92 Å². The fourth-order valence-corrected chi connectivity index (χ4v) is 5.49. The Morgan fingerprint density at radius 2 is 1.57 bits per heavy atom. The van der Waals surface area contributed by atoms with Crippen LogP contribution in [0.3, 0.4) is 0 Å². The van der Waals surface area contributed by atoms with Gasteiger partial charge in [0.25, 0.3) is 0 Å². The molecule has 0 radical (unpaired) electrons.